The van der Waals surface area contributed by atoms with E-state index in [2.05, 4.69) is 25.6 Å². The van der Waals surface area contributed by atoms with Crippen LogP contribution in [0.25, 0.3) is 5.95 Å². The molecular formula is C25H31ClN8O3. The minimum absolute atomic E-state index is 0.228. The van der Waals surface area contributed by atoms with Crippen molar-refractivity contribution < 1.29 is 14.3 Å². The molecule has 3 amide bonds. The quantitative estimate of drug-likeness (QED) is 0.411. The molecule has 1 unspecified atom stereocenters. The average Bonchev–Trinajstić information content (AvgIpc) is 3.46. The second-order valence-electron chi connectivity index (χ2n) is 8.60. The summed E-state index contributed by atoms with van der Waals surface area (Å²) in [6.07, 6.45) is 6.38. The summed E-state index contributed by atoms with van der Waals surface area (Å²) in [6.45, 7) is 4.06. The molecular weight excluding hydrogens is 496 g/mol. The minimum Gasteiger partial charge on any atom is -0.497 e. The van der Waals surface area contributed by atoms with Crippen LogP contribution in [0.5, 0.6) is 5.75 Å². The van der Waals surface area contributed by atoms with E-state index in [-0.39, 0.29) is 23.6 Å². The number of carbonyl (C=O) groups excluding carboxylic acids is 2. The molecule has 37 heavy (non-hydrogen) atoms. The van der Waals surface area contributed by atoms with Crippen molar-refractivity contribution in [3.05, 3.63) is 59.8 Å². The van der Waals surface area contributed by atoms with Crippen LogP contribution < -0.4 is 20.3 Å². The number of rotatable bonds is 9. The Hall–Kier alpha value is -3.86. The highest BCUT2D eigenvalue weighted by molar-refractivity contribution is 6.29. The first-order valence-corrected chi connectivity index (χ1v) is 12.6. The standard InChI is InChI=1S/C25H31ClN8O3/c1-3-8-29-25(36)34-13-12-32(22-15-21(26)30-24(31-22)33-11-10-27-17-33)16-20(34)23(35)28-9-7-18-5-4-6-19(14-18)37-2/h4-6,10-11,14-15,17,20H,3,7-9,12-13,16H2,1-2H3,(H,28,35)(H,29,36). The SMILES string of the molecule is CCCNC(=O)N1CCN(c2cc(Cl)nc(-n3ccnc3)n2)CC1C(=O)NCCc1cccc(OC)c1. The van der Waals surface area contributed by atoms with E-state index in [0.717, 1.165) is 17.7 Å². The number of hydrogen-bond donors (Lipinski definition) is 2. The summed E-state index contributed by atoms with van der Waals surface area (Å²) in [4.78, 5) is 42.7. The molecule has 1 atom stereocenters. The zero-order chi connectivity index (χ0) is 26.2. The molecule has 2 aromatic heterocycles. The lowest BCUT2D eigenvalue weighted by Crippen LogP contribution is -2.62. The topological polar surface area (TPSA) is 118 Å². The van der Waals surface area contributed by atoms with E-state index in [4.69, 9.17) is 16.3 Å². The Morgan fingerprint density at radius 2 is 2.03 bits per heavy atom. The van der Waals surface area contributed by atoms with Crippen molar-refractivity contribution in [3.8, 4) is 11.7 Å². The third-order valence-electron chi connectivity index (χ3n) is 6.05. The van der Waals surface area contributed by atoms with E-state index in [1.54, 1.807) is 41.4 Å². The number of benzene rings is 1. The van der Waals surface area contributed by atoms with E-state index in [1.807, 2.05) is 36.1 Å². The number of amides is 3. The highest BCUT2D eigenvalue weighted by atomic mass is 35.5. The maximum absolute atomic E-state index is 13.3. The van der Waals surface area contributed by atoms with Gasteiger partial charge in [-0.2, -0.15) is 4.98 Å². The number of aromatic nitrogens is 4. The van der Waals surface area contributed by atoms with Crippen molar-refractivity contribution in [2.45, 2.75) is 25.8 Å². The van der Waals surface area contributed by atoms with Gasteiger partial charge in [0.25, 0.3) is 0 Å². The maximum atomic E-state index is 13.3. The van der Waals surface area contributed by atoms with E-state index in [1.165, 1.54) is 0 Å². The molecule has 0 radical (unpaired) electrons. The van der Waals surface area contributed by atoms with E-state index >= 15 is 0 Å². The Labute approximate surface area is 220 Å². The molecule has 3 heterocycles. The van der Waals surface area contributed by atoms with Gasteiger partial charge >= 0.3 is 6.03 Å². The van der Waals surface area contributed by atoms with E-state index in [0.29, 0.717) is 44.4 Å². The predicted molar refractivity (Wildman–Crippen MR) is 140 cm³/mol. The molecule has 0 bridgehead atoms. The van der Waals surface area contributed by atoms with Crippen LogP contribution in [0, 0.1) is 0 Å². The van der Waals surface area contributed by atoms with Gasteiger partial charge in [0.05, 0.1) is 7.11 Å². The summed E-state index contributed by atoms with van der Waals surface area (Å²) in [5, 5.41) is 6.16. The van der Waals surface area contributed by atoms with Gasteiger partial charge in [0.1, 0.15) is 29.1 Å². The molecule has 1 fully saturated rings. The molecule has 1 aromatic carbocycles. The Balaban J connectivity index is 1.49. The number of urea groups is 1. The first-order valence-electron chi connectivity index (χ1n) is 12.2. The summed E-state index contributed by atoms with van der Waals surface area (Å²) >= 11 is 6.30. The number of nitrogens with zero attached hydrogens (tertiary/aromatic N) is 6. The molecule has 11 nitrogen and oxygen atoms in total. The van der Waals surface area contributed by atoms with Crippen molar-refractivity contribution in [1.29, 1.82) is 0 Å². The lowest BCUT2D eigenvalue weighted by molar-refractivity contribution is -0.125. The smallest absolute Gasteiger partial charge is 0.318 e. The van der Waals surface area contributed by atoms with Crippen LogP contribution in [-0.2, 0) is 11.2 Å². The van der Waals surface area contributed by atoms with Crippen LogP contribution in [0.15, 0.2) is 49.1 Å². The van der Waals surface area contributed by atoms with Crippen LogP contribution in [0.3, 0.4) is 0 Å². The van der Waals surface area contributed by atoms with Crippen LogP contribution in [0.4, 0.5) is 10.6 Å². The number of halogens is 1. The van der Waals surface area contributed by atoms with Crippen LogP contribution in [-0.4, -0.2) is 82.2 Å². The summed E-state index contributed by atoms with van der Waals surface area (Å²) in [6, 6.07) is 8.42. The first-order chi connectivity index (χ1) is 18.0. The van der Waals surface area contributed by atoms with E-state index < -0.39 is 6.04 Å². The van der Waals surface area contributed by atoms with Gasteiger partial charge in [-0.1, -0.05) is 30.7 Å². The third kappa shape index (κ3) is 6.67. The normalized spacial score (nSPS) is 15.4. The highest BCUT2D eigenvalue weighted by Crippen LogP contribution is 2.22. The number of carbonyl (C=O) groups is 2. The molecule has 196 valence electrons. The summed E-state index contributed by atoms with van der Waals surface area (Å²) in [7, 11) is 1.62. The fourth-order valence-electron chi connectivity index (χ4n) is 4.12. The van der Waals surface area contributed by atoms with Crippen LogP contribution >= 0.6 is 11.6 Å². The van der Waals surface area contributed by atoms with Crippen molar-refractivity contribution in [1.82, 2.24) is 35.1 Å². The number of piperazine rings is 1. The van der Waals surface area contributed by atoms with Crippen molar-refractivity contribution >= 4 is 29.4 Å². The Morgan fingerprint density at radius 3 is 2.78 bits per heavy atom. The van der Waals surface area contributed by atoms with Crippen molar-refractivity contribution in [3.63, 3.8) is 0 Å². The molecule has 0 aliphatic carbocycles. The zero-order valence-corrected chi connectivity index (χ0v) is 21.7. The van der Waals surface area contributed by atoms with E-state index in [9.17, 15) is 9.59 Å². The molecule has 1 aliphatic rings. The lowest BCUT2D eigenvalue weighted by Gasteiger charge is -2.41. The third-order valence-corrected chi connectivity index (χ3v) is 6.24. The minimum atomic E-state index is -0.707. The Kier molecular flexibility index (Phi) is 8.78. The fraction of sp³-hybridized carbons (Fsp3) is 0.400. The number of anilines is 1. The summed E-state index contributed by atoms with van der Waals surface area (Å²) in [5.74, 6) is 1.49. The van der Waals surface area contributed by atoms with Gasteiger partial charge in [0.2, 0.25) is 11.9 Å². The number of methoxy groups -OCH3 is 1. The number of imidazole rings is 1. The molecule has 1 aliphatic heterocycles. The molecule has 0 saturated carbocycles. The van der Waals surface area contributed by atoms with Gasteiger partial charge in [-0.05, 0) is 30.5 Å². The van der Waals surface area contributed by atoms with Crippen molar-refractivity contribution in [2.24, 2.45) is 0 Å². The lowest BCUT2D eigenvalue weighted by atomic mass is 10.1. The van der Waals surface area contributed by atoms with Gasteiger partial charge in [-0.3, -0.25) is 9.36 Å². The number of ether oxygens (including phenoxy) is 1. The molecule has 1 saturated heterocycles. The average molecular weight is 527 g/mol. The molecule has 4 rings (SSSR count). The molecule has 3 aromatic rings. The molecule has 2 N–H and O–H groups in total. The molecule has 12 heteroatoms. The number of nitrogens with one attached hydrogen (secondary N) is 2. The summed E-state index contributed by atoms with van der Waals surface area (Å²) < 4.78 is 6.93. The Morgan fingerprint density at radius 1 is 1.16 bits per heavy atom. The van der Waals surface area contributed by atoms with Gasteiger partial charge in [-0.25, -0.2) is 14.8 Å². The van der Waals surface area contributed by atoms with Gasteiger partial charge in [-0.15, -0.1) is 0 Å². The Bertz CT molecular complexity index is 1210. The van der Waals surface area contributed by atoms with Gasteiger partial charge in [0, 0.05) is 51.2 Å². The van der Waals surface area contributed by atoms with Crippen LogP contribution in [0.1, 0.15) is 18.9 Å². The molecule has 0 spiro atoms. The maximum Gasteiger partial charge on any atom is 0.318 e. The predicted octanol–water partition coefficient (Wildman–Crippen LogP) is 2.29. The van der Waals surface area contributed by atoms with Gasteiger partial charge < -0.3 is 25.2 Å². The van der Waals surface area contributed by atoms with Crippen LogP contribution in [0.2, 0.25) is 5.15 Å². The second-order valence-corrected chi connectivity index (χ2v) is 8.99. The highest BCUT2D eigenvalue weighted by Gasteiger charge is 2.36. The fourth-order valence-corrected chi connectivity index (χ4v) is 4.29. The largest absolute Gasteiger partial charge is 0.497 e. The first kappa shape index (κ1) is 26.2. The monoisotopic (exact) mass is 526 g/mol. The van der Waals surface area contributed by atoms with Gasteiger partial charge in [0.15, 0.2) is 0 Å². The zero-order valence-electron chi connectivity index (χ0n) is 20.9. The van der Waals surface area contributed by atoms with Crippen molar-refractivity contribution in [2.75, 3.05) is 44.7 Å². The number of hydrogen-bond acceptors (Lipinski definition) is 7. The second kappa shape index (κ2) is 12.4. The summed E-state index contributed by atoms with van der Waals surface area (Å²) in [5.41, 5.74) is 1.05.